The molecule has 0 amide bonds. The zero-order chi connectivity index (χ0) is 15.4. The normalized spacial score (nSPS) is 20.2. The number of aromatic nitrogens is 2. The highest BCUT2D eigenvalue weighted by Crippen LogP contribution is 2.22. The van der Waals surface area contributed by atoms with Crippen molar-refractivity contribution in [1.29, 1.82) is 0 Å². The van der Waals surface area contributed by atoms with Crippen molar-refractivity contribution in [2.45, 2.75) is 6.04 Å². The summed E-state index contributed by atoms with van der Waals surface area (Å²) in [6.45, 7) is 3.53. The Morgan fingerprint density at radius 1 is 1.48 bits per heavy atom. The minimum atomic E-state index is -0.474. The zero-order valence-corrected chi connectivity index (χ0v) is 12.5. The molecule has 1 aliphatic rings. The van der Waals surface area contributed by atoms with Gasteiger partial charge < -0.3 is 15.5 Å². The summed E-state index contributed by atoms with van der Waals surface area (Å²) in [6.07, 6.45) is 1.22. The highest BCUT2D eigenvalue weighted by Gasteiger charge is 2.24. The molecular formula is C12H21N7O2. The summed E-state index contributed by atoms with van der Waals surface area (Å²) < 4.78 is 0. The second kappa shape index (κ2) is 6.64. The lowest BCUT2D eigenvalue weighted by atomic mass is 10.2. The van der Waals surface area contributed by atoms with Gasteiger partial charge in [-0.05, 0) is 14.1 Å². The van der Waals surface area contributed by atoms with Gasteiger partial charge in [0.2, 0.25) is 11.8 Å². The standard InChI is InChI=1S/C12H21N7O2/c1-13-12-15-7-10(19(20)21)11(16-12)14-6-9-8-17(2)4-5-18(9)3/h7,9H,4-6,8H2,1-3H3,(H2,13,14,15,16). The average Bonchev–Trinajstić information content (AvgIpc) is 2.47. The average molecular weight is 295 g/mol. The monoisotopic (exact) mass is 295 g/mol. The van der Waals surface area contributed by atoms with Gasteiger partial charge in [-0.2, -0.15) is 4.98 Å². The van der Waals surface area contributed by atoms with Crippen molar-refractivity contribution in [1.82, 2.24) is 19.8 Å². The molecule has 9 heteroatoms. The number of rotatable bonds is 5. The van der Waals surface area contributed by atoms with Crippen LogP contribution < -0.4 is 10.6 Å². The maximum Gasteiger partial charge on any atom is 0.329 e. The molecule has 1 fully saturated rings. The van der Waals surface area contributed by atoms with Gasteiger partial charge in [0.05, 0.1) is 4.92 Å². The first-order chi connectivity index (χ1) is 10.0. The third-order valence-corrected chi connectivity index (χ3v) is 3.68. The van der Waals surface area contributed by atoms with Crippen LogP contribution in [-0.2, 0) is 0 Å². The van der Waals surface area contributed by atoms with E-state index in [1.165, 1.54) is 6.20 Å². The molecule has 1 aromatic heterocycles. The summed E-state index contributed by atoms with van der Waals surface area (Å²) in [7, 11) is 5.81. The third-order valence-electron chi connectivity index (χ3n) is 3.68. The Kier molecular flexibility index (Phi) is 4.86. The lowest BCUT2D eigenvalue weighted by molar-refractivity contribution is -0.384. The minimum absolute atomic E-state index is 0.110. The van der Waals surface area contributed by atoms with E-state index < -0.39 is 4.92 Å². The van der Waals surface area contributed by atoms with Crippen LogP contribution in [0.2, 0.25) is 0 Å². The molecule has 2 heterocycles. The van der Waals surface area contributed by atoms with Gasteiger partial charge >= 0.3 is 5.69 Å². The maximum atomic E-state index is 11.0. The van der Waals surface area contributed by atoms with Gasteiger partial charge in [-0.15, -0.1) is 0 Å². The summed E-state index contributed by atoms with van der Waals surface area (Å²) in [5.41, 5.74) is -0.110. The Bertz CT molecular complexity index is 510. The molecule has 0 aromatic carbocycles. The molecule has 0 spiro atoms. The summed E-state index contributed by atoms with van der Waals surface area (Å²) in [5.74, 6) is 0.609. The first kappa shape index (κ1) is 15.4. The molecule has 116 valence electrons. The predicted molar refractivity (Wildman–Crippen MR) is 80.6 cm³/mol. The molecular weight excluding hydrogens is 274 g/mol. The van der Waals surface area contributed by atoms with Crippen molar-refractivity contribution >= 4 is 17.5 Å². The van der Waals surface area contributed by atoms with E-state index >= 15 is 0 Å². The number of likely N-dealkylation sites (N-methyl/N-ethyl adjacent to an activating group) is 2. The van der Waals surface area contributed by atoms with E-state index in [2.05, 4.69) is 44.5 Å². The first-order valence-corrected chi connectivity index (χ1v) is 6.83. The van der Waals surface area contributed by atoms with Gasteiger partial charge in [-0.25, -0.2) is 4.98 Å². The Morgan fingerprint density at radius 2 is 2.24 bits per heavy atom. The first-order valence-electron chi connectivity index (χ1n) is 6.83. The number of piperazine rings is 1. The SMILES string of the molecule is CNc1ncc([N+](=O)[O-])c(NCC2CN(C)CCN2C)n1. The minimum Gasteiger partial charge on any atom is -0.363 e. The van der Waals surface area contributed by atoms with Gasteiger partial charge in [0.1, 0.15) is 6.20 Å². The van der Waals surface area contributed by atoms with Crippen LogP contribution in [0.25, 0.3) is 0 Å². The van der Waals surface area contributed by atoms with E-state index in [9.17, 15) is 10.1 Å². The van der Waals surface area contributed by atoms with Crippen molar-refractivity contribution in [2.75, 3.05) is 58.0 Å². The molecule has 1 aromatic rings. The van der Waals surface area contributed by atoms with Crippen LogP contribution in [0.3, 0.4) is 0 Å². The molecule has 0 bridgehead atoms. The molecule has 2 N–H and O–H groups in total. The molecule has 1 atom stereocenters. The fraction of sp³-hybridized carbons (Fsp3) is 0.667. The molecule has 0 saturated carbocycles. The fourth-order valence-electron chi connectivity index (χ4n) is 2.30. The molecule has 1 aliphatic heterocycles. The second-order valence-electron chi connectivity index (χ2n) is 5.21. The molecule has 2 rings (SSSR count). The van der Waals surface area contributed by atoms with Crippen molar-refractivity contribution in [3.63, 3.8) is 0 Å². The smallest absolute Gasteiger partial charge is 0.329 e. The topological polar surface area (TPSA) is 99.5 Å². The zero-order valence-electron chi connectivity index (χ0n) is 12.5. The van der Waals surface area contributed by atoms with E-state index in [0.29, 0.717) is 12.5 Å². The van der Waals surface area contributed by atoms with Crippen molar-refractivity contribution in [3.05, 3.63) is 16.3 Å². The van der Waals surface area contributed by atoms with Gasteiger partial charge in [0.25, 0.3) is 0 Å². The van der Waals surface area contributed by atoms with Gasteiger partial charge in [0.15, 0.2) is 0 Å². The number of nitrogens with one attached hydrogen (secondary N) is 2. The third kappa shape index (κ3) is 3.76. The number of hydrogen-bond acceptors (Lipinski definition) is 8. The molecule has 0 aliphatic carbocycles. The van der Waals surface area contributed by atoms with E-state index in [1.54, 1.807) is 7.05 Å². The van der Waals surface area contributed by atoms with Crippen LogP contribution in [0.4, 0.5) is 17.5 Å². The van der Waals surface area contributed by atoms with E-state index in [0.717, 1.165) is 19.6 Å². The molecule has 0 radical (unpaired) electrons. The van der Waals surface area contributed by atoms with Crippen LogP contribution >= 0.6 is 0 Å². The highest BCUT2D eigenvalue weighted by atomic mass is 16.6. The number of hydrogen-bond donors (Lipinski definition) is 2. The van der Waals surface area contributed by atoms with Crippen LogP contribution in [-0.4, -0.2) is 78.1 Å². The Morgan fingerprint density at radius 3 is 2.90 bits per heavy atom. The molecule has 21 heavy (non-hydrogen) atoms. The van der Waals surface area contributed by atoms with Gasteiger partial charge in [-0.3, -0.25) is 15.0 Å². The van der Waals surface area contributed by atoms with E-state index in [1.807, 2.05) is 0 Å². The summed E-state index contributed by atoms with van der Waals surface area (Å²) in [5, 5.41) is 16.9. The highest BCUT2D eigenvalue weighted by molar-refractivity contribution is 5.56. The lowest BCUT2D eigenvalue weighted by Gasteiger charge is -2.37. The van der Waals surface area contributed by atoms with Crippen LogP contribution in [0.15, 0.2) is 6.20 Å². The Balaban J connectivity index is 2.09. The molecule has 1 saturated heterocycles. The Labute approximate surface area is 123 Å². The predicted octanol–water partition coefficient (Wildman–Crippen LogP) is 0.0842. The van der Waals surface area contributed by atoms with Crippen LogP contribution in [0.1, 0.15) is 0 Å². The summed E-state index contributed by atoms with van der Waals surface area (Å²) >= 11 is 0. The quantitative estimate of drug-likeness (QED) is 0.582. The summed E-state index contributed by atoms with van der Waals surface area (Å²) in [6, 6.07) is 0.288. The van der Waals surface area contributed by atoms with E-state index in [-0.39, 0.29) is 17.5 Å². The number of nitrogens with zero attached hydrogens (tertiary/aromatic N) is 5. The molecule has 1 unspecified atom stereocenters. The van der Waals surface area contributed by atoms with Crippen molar-refractivity contribution in [2.24, 2.45) is 0 Å². The second-order valence-corrected chi connectivity index (χ2v) is 5.21. The van der Waals surface area contributed by atoms with Crippen LogP contribution in [0, 0.1) is 10.1 Å². The van der Waals surface area contributed by atoms with Crippen molar-refractivity contribution < 1.29 is 4.92 Å². The lowest BCUT2D eigenvalue weighted by Crippen LogP contribution is -2.52. The van der Waals surface area contributed by atoms with Crippen molar-refractivity contribution in [3.8, 4) is 0 Å². The van der Waals surface area contributed by atoms with Gasteiger partial charge in [0, 0.05) is 39.3 Å². The molecule has 9 nitrogen and oxygen atoms in total. The number of nitro groups is 1. The Hall–Kier alpha value is -2.00. The van der Waals surface area contributed by atoms with E-state index in [4.69, 9.17) is 0 Å². The van der Waals surface area contributed by atoms with Crippen LogP contribution in [0.5, 0.6) is 0 Å². The maximum absolute atomic E-state index is 11.0. The fourth-order valence-corrected chi connectivity index (χ4v) is 2.30. The number of anilines is 2. The van der Waals surface area contributed by atoms with Gasteiger partial charge in [-0.1, -0.05) is 0 Å². The largest absolute Gasteiger partial charge is 0.363 e. The summed E-state index contributed by atoms with van der Waals surface area (Å²) in [4.78, 5) is 23.1.